The van der Waals surface area contributed by atoms with Gasteiger partial charge >= 0.3 is 0 Å². The molecule has 0 radical (unpaired) electrons. The van der Waals surface area contributed by atoms with Gasteiger partial charge in [0, 0.05) is 29.2 Å². The molecule has 0 fully saturated rings. The molecule has 1 unspecified atom stereocenters. The molecule has 0 amide bonds. The highest BCUT2D eigenvalue weighted by molar-refractivity contribution is 8.00. The average molecular weight is 383 g/mol. The molecule has 0 aliphatic rings. The van der Waals surface area contributed by atoms with Crippen molar-refractivity contribution < 1.29 is 4.79 Å². The minimum absolute atomic E-state index is 0.0321. The summed E-state index contributed by atoms with van der Waals surface area (Å²) in [5.41, 5.74) is 3.13. The van der Waals surface area contributed by atoms with Crippen molar-refractivity contribution in [2.45, 2.75) is 24.3 Å². The molecule has 132 valence electrons. The third-order valence-corrected chi connectivity index (χ3v) is 6.47. The Kier molecular flexibility index (Phi) is 4.20. The maximum atomic E-state index is 13.1. The summed E-state index contributed by atoms with van der Waals surface area (Å²) in [6, 6.07) is 9.63. The van der Waals surface area contributed by atoms with Crippen molar-refractivity contribution >= 4 is 50.0 Å². The molecule has 1 aromatic carbocycles. The third-order valence-electron chi connectivity index (χ3n) is 4.44. The molecule has 0 aliphatic carbocycles. The van der Waals surface area contributed by atoms with Crippen molar-refractivity contribution in [2.24, 2.45) is 7.05 Å². The summed E-state index contributed by atoms with van der Waals surface area (Å²) in [6.45, 7) is 3.77. The van der Waals surface area contributed by atoms with Crippen molar-refractivity contribution in [1.82, 2.24) is 14.5 Å². The Bertz CT molecular complexity index is 1200. The zero-order valence-corrected chi connectivity index (χ0v) is 16.2. The molecular formula is C19H17N3O2S2. The van der Waals surface area contributed by atoms with Crippen molar-refractivity contribution in [3.63, 3.8) is 0 Å². The van der Waals surface area contributed by atoms with Gasteiger partial charge in [0.25, 0.3) is 5.56 Å². The number of nitrogens with one attached hydrogen (secondary N) is 1. The summed E-state index contributed by atoms with van der Waals surface area (Å²) >= 11 is 2.71. The lowest BCUT2D eigenvalue weighted by Gasteiger charge is -2.12. The predicted molar refractivity (Wildman–Crippen MR) is 108 cm³/mol. The highest BCUT2D eigenvalue weighted by Crippen LogP contribution is 2.29. The SMILES string of the molecule is Cc1[nH]c2ccccc2c1C(=O)C(C)Sc1nc2ccsc2c(=O)n1C. The molecule has 0 bridgehead atoms. The van der Waals surface area contributed by atoms with Crippen molar-refractivity contribution in [3.8, 4) is 0 Å². The lowest BCUT2D eigenvalue weighted by Crippen LogP contribution is -2.21. The molecule has 0 saturated heterocycles. The van der Waals surface area contributed by atoms with Crippen LogP contribution in [0.3, 0.4) is 0 Å². The number of H-pyrrole nitrogens is 1. The van der Waals surface area contributed by atoms with E-state index in [0.717, 1.165) is 16.6 Å². The van der Waals surface area contributed by atoms with Crippen LogP contribution in [-0.4, -0.2) is 25.6 Å². The number of ketones is 1. The number of nitrogens with zero attached hydrogens (tertiary/aromatic N) is 2. The molecule has 0 saturated carbocycles. The Morgan fingerprint density at radius 2 is 2.08 bits per heavy atom. The molecule has 3 heterocycles. The summed E-state index contributed by atoms with van der Waals surface area (Å²) in [7, 11) is 1.70. The number of aryl methyl sites for hydroxylation is 1. The van der Waals surface area contributed by atoms with Crippen LogP contribution < -0.4 is 5.56 Å². The van der Waals surface area contributed by atoms with Crippen LogP contribution in [0.1, 0.15) is 23.0 Å². The third kappa shape index (κ3) is 2.68. The standard InChI is InChI=1S/C19H17N3O2S2/c1-10-15(12-6-4-5-7-13(12)20-10)16(23)11(2)26-19-21-14-8-9-25-17(14)18(24)22(19)3/h4-9,11,20H,1-3H3. The first-order valence-electron chi connectivity index (χ1n) is 8.19. The van der Waals surface area contributed by atoms with Crippen LogP contribution in [0.15, 0.2) is 45.7 Å². The number of hydrogen-bond donors (Lipinski definition) is 1. The molecular weight excluding hydrogens is 366 g/mol. The Hall–Kier alpha value is -2.38. The molecule has 1 N–H and O–H groups in total. The number of Topliss-reactive ketones (excluding diaryl/α,β-unsaturated/α-hetero) is 1. The molecule has 4 aromatic rings. The minimum atomic E-state index is -0.359. The summed E-state index contributed by atoms with van der Waals surface area (Å²) in [5.74, 6) is 0.0321. The van der Waals surface area contributed by atoms with E-state index in [1.807, 2.05) is 49.6 Å². The van der Waals surface area contributed by atoms with Gasteiger partial charge in [-0.2, -0.15) is 0 Å². The van der Waals surface area contributed by atoms with Gasteiger partial charge in [-0.25, -0.2) is 4.98 Å². The zero-order valence-electron chi connectivity index (χ0n) is 14.6. The molecule has 0 spiro atoms. The lowest BCUT2D eigenvalue weighted by molar-refractivity contribution is 0.0995. The Balaban J connectivity index is 1.71. The molecule has 26 heavy (non-hydrogen) atoms. The van der Waals surface area contributed by atoms with E-state index in [2.05, 4.69) is 9.97 Å². The molecule has 7 heteroatoms. The fourth-order valence-electron chi connectivity index (χ4n) is 3.08. The topological polar surface area (TPSA) is 67.8 Å². The van der Waals surface area contributed by atoms with Gasteiger partial charge in [0.2, 0.25) is 0 Å². The van der Waals surface area contributed by atoms with E-state index in [-0.39, 0.29) is 16.6 Å². The van der Waals surface area contributed by atoms with E-state index in [1.165, 1.54) is 27.7 Å². The van der Waals surface area contributed by atoms with E-state index in [0.29, 0.717) is 20.9 Å². The molecule has 5 nitrogen and oxygen atoms in total. The number of benzene rings is 1. The summed E-state index contributed by atoms with van der Waals surface area (Å²) < 4.78 is 2.17. The van der Waals surface area contributed by atoms with Crippen LogP contribution in [0.5, 0.6) is 0 Å². The second-order valence-corrected chi connectivity index (χ2v) is 8.41. The van der Waals surface area contributed by atoms with Crippen molar-refractivity contribution in [1.29, 1.82) is 0 Å². The lowest BCUT2D eigenvalue weighted by atomic mass is 10.1. The minimum Gasteiger partial charge on any atom is -0.358 e. The fraction of sp³-hybridized carbons (Fsp3) is 0.211. The van der Waals surface area contributed by atoms with Gasteiger partial charge in [-0.05, 0) is 31.4 Å². The van der Waals surface area contributed by atoms with Gasteiger partial charge < -0.3 is 4.98 Å². The van der Waals surface area contributed by atoms with E-state index in [4.69, 9.17) is 0 Å². The van der Waals surface area contributed by atoms with E-state index in [1.54, 1.807) is 7.05 Å². The van der Waals surface area contributed by atoms with Crippen LogP contribution in [-0.2, 0) is 7.05 Å². The van der Waals surface area contributed by atoms with Gasteiger partial charge in [-0.1, -0.05) is 30.0 Å². The van der Waals surface area contributed by atoms with Gasteiger partial charge in [0.15, 0.2) is 10.9 Å². The predicted octanol–water partition coefficient (Wildman–Crippen LogP) is 4.15. The second-order valence-electron chi connectivity index (χ2n) is 6.19. The smallest absolute Gasteiger partial charge is 0.271 e. The van der Waals surface area contributed by atoms with Crippen LogP contribution >= 0.6 is 23.1 Å². The van der Waals surface area contributed by atoms with Crippen molar-refractivity contribution in [3.05, 3.63) is 57.3 Å². The van der Waals surface area contributed by atoms with Gasteiger partial charge in [-0.15, -0.1) is 11.3 Å². The Labute approximate surface area is 158 Å². The second kappa shape index (κ2) is 6.41. The number of hydrogen-bond acceptors (Lipinski definition) is 5. The van der Waals surface area contributed by atoms with Crippen molar-refractivity contribution in [2.75, 3.05) is 0 Å². The number of thiophene rings is 1. The summed E-state index contributed by atoms with van der Waals surface area (Å²) in [4.78, 5) is 33.4. The number of para-hydroxylation sites is 1. The summed E-state index contributed by atoms with van der Waals surface area (Å²) in [5, 5.41) is 2.98. The number of rotatable bonds is 4. The molecule has 3 aromatic heterocycles. The van der Waals surface area contributed by atoms with Gasteiger partial charge in [0.1, 0.15) is 4.70 Å². The van der Waals surface area contributed by atoms with Crippen LogP contribution in [0.4, 0.5) is 0 Å². The number of fused-ring (bicyclic) bond motifs is 2. The number of aromatic amines is 1. The van der Waals surface area contributed by atoms with Crippen LogP contribution in [0.25, 0.3) is 21.1 Å². The maximum absolute atomic E-state index is 13.1. The first-order chi connectivity index (χ1) is 12.5. The quantitative estimate of drug-likeness (QED) is 0.327. The number of thioether (sulfide) groups is 1. The molecule has 4 rings (SSSR count). The van der Waals surface area contributed by atoms with Crippen LogP contribution in [0, 0.1) is 6.92 Å². The largest absolute Gasteiger partial charge is 0.358 e. The highest BCUT2D eigenvalue weighted by Gasteiger charge is 2.24. The number of carbonyl (C=O) groups excluding carboxylic acids is 1. The van der Waals surface area contributed by atoms with E-state index >= 15 is 0 Å². The van der Waals surface area contributed by atoms with Gasteiger partial charge in [-0.3, -0.25) is 14.2 Å². The fourth-order valence-corrected chi connectivity index (χ4v) is 4.82. The zero-order chi connectivity index (χ0) is 18.4. The summed E-state index contributed by atoms with van der Waals surface area (Å²) in [6.07, 6.45) is 0. The highest BCUT2D eigenvalue weighted by atomic mass is 32.2. The average Bonchev–Trinajstić information content (AvgIpc) is 3.22. The van der Waals surface area contributed by atoms with Crippen LogP contribution in [0.2, 0.25) is 0 Å². The normalized spacial score (nSPS) is 12.7. The maximum Gasteiger partial charge on any atom is 0.271 e. The monoisotopic (exact) mass is 383 g/mol. The van der Waals surface area contributed by atoms with E-state index in [9.17, 15) is 9.59 Å². The Morgan fingerprint density at radius 1 is 1.31 bits per heavy atom. The first-order valence-corrected chi connectivity index (χ1v) is 9.95. The first kappa shape index (κ1) is 17.1. The molecule has 1 atom stereocenters. The molecule has 0 aliphatic heterocycles. The Morgan fingerprint density at radius 3 is 2.88 bits per heavy atom. The number of carbonyl (C=O) groups is 1. The van der Waals surface area contributed by atoms with Gasteiger partial charge in [0.05, 0.1) is 10.8 Å². The number of aromatic nitrogens is 3. The van der Waals surface area contributed by atoms with E-state index < -0.39 is 0 Å².